The van der Waals surface area contributed by atoms with Gasteiger partial charge in [0.1, 0.15) is 0 Å². The summed E-state index contributed by atoms with van der Waals surface area (Å²) in [6, 6.07) is 7.14. The first-order valence-electron chi connectivity index (χ1n) is 6.78. The summed E-state index contributed by atoms with van der Waals surface area (Å²) in [4.78, 5) is 23.4. The molecule has 20 heavy (non-hydrogen) atoms. The van der Waals surface area contributed by atoms with E-state index in [1.165, 1.54) is 0 Å². The van der Waals surface area contributed by atoms with Crippen molar-refractivity contribution < 1.29 is 9.59 Å². The minimum atomic E-state index is -0.167. The maximum absolute atomic E-state index is 12.0. The van der Waals surface area contributed by atoms with E-state index in [9.17, 15) is 9.59 Å². The van der Waals surface area contributed by atoms with Crippen LogP contribution in [0.4, 0.5) is 0 Å². The Labute approximate surface area is 119 Å². The third kappa shape index (κ3) is 4.35. The number of nitrogens with one attached hydrogen (secondary N) is 2. The van der Waals surface area contributed by atoms with Crippen LogP contribution in [0, 0.1) is 11.8 Å². The Morgan fingerprint density at radius 1 is 1.20 bits per heavy atom. The van der Waals surface area contributed by atoms with Crippen LogP contribution in [0.25, 0.3) is 0 Å². The second-order valence-corrected chi connectivity index (χ2v) is 5.08. The molecule has 0 aromatic heterocycles. The Kier molecular flexibility index (Phi) is 6.18. The Morgan fingerprint density at radius 2 is 1.80 bits per heavy atom. The van der Waals surface area contributed by atoms with E-state index >= 15 is 0 Å². The van der Waals surface area contributed by atoms with Crippen molar-refractivity contribution in [3.05, 3.63) is 35.4 Å². The van der Waals surface area contributed by atoms with E-state index in [1.54, 1.807) is 19.2 Å². The first kappa shape index (κ1) is 16.2. The molecule has 1 aromatic carbocycles. The molecule has 4 N–H and O–H groups in total. The Hall–Kier alpha value is -1.88. The van der Waals surface area contributed by atoms with Crippen molar-refractivity contribution >= 4 is 11.8 Å². The molecule has 0 aliphatic heterocycles. The molecule has 0 saturated carbocycles. The molecular weight excluding hydrogens is 254 g/mol. The van der Waals surface area contributed by atoms with E-state index in [0.717, 1.165) is 5.56 Å². The number of carbonyl (C=O) groups excluding carboxylic acids is 2. The third-order valence-electron chi connectivity index (χ3n) is 3.31. The second-order valence-electron chi connectivity index (χ2n) is 5.08. The van der Waals surface area contributed by atoms with Gasteiger partial charge >= 0.3 is 0 Å². The van der Waals surface area contributed by atoms with Crippen LogP contribution >= 0.6 is 0 Å². The lowest BCUT2D eigenvalue weighted by atomic mass is 9.95. The summed E-state index contributed by atoms with van der Waals surface area (Å²) in [5.41, 5.74) is 7.16. The highest BCUT2D eigenvalue weighted by Gasteiger charge is 2.19. The molecule has 1 unspecified atom stereocenters. The normalized spacial score (nSPS) is 12.1. The highest BCUT2D eigenvalue weighted by Crippen LogP contribution is 2.10. The van der Waals surface area contributed by atoms with Gasteiger partial charge in [0.2, 0.25) is 5.91 Å². The molecule has 0 spiro atoms. The molecule has 0 aliphatic carbocycles. The minimum Gasteiger partial charge on any atom is -0.355 e. The van der Waals surface area contributed by atoms with Crippen molar-refractivity contribution in [2.75, 3.05) is 13.6 Å². The SMILES string of the molecule is CNC(=O)c1ccc(CNC(=O)C(CN)C(C)C)cc1. The van der Waals surface area contributed by atoms with E-state index in [-0.39, 0.29) is 23.7 Å². The maximum Gasteiger partial charge on any atom is 0.251 e. The Balaban J connectivity index is 2.58. The summed E-state index contributed by atoms with van der Waals surface area (Å²) in [6.07, 6.45) is 0. The predicted molar refractivity (Wildman–Crippen MR) is 79.1 cm³/mol. The molecule has 1 atom stereocenters. The van der Waals surface area contributed by atoms with Crippen LogP contribution in [0.1, 0.15) is 29.8 Å². The lowest BCUT2D eigenvalue weighted by Gasteiger charge is -2.18. The molecule has 2 amide bonds. The van der Waals surface area contributed by atoms with Crippen LogP contribution in [0.2, 0.25) is 0 Å². The molecule has 1 aromatic rings. The van der Waals surface area contributed by atoms with Crippen molar-refractivity contribution in [2.24, 2.45) is 17.6 Å². The molecule has 5 heteroatoms. The van der Waals surface area contributed by atoms with Crippen molar-refractivity contribution in [3.63, 3.8) is 0 Å². The van der Waals surface area contributed by atoms with Crippen molar-refractivity contribution in [1.82, 2.24) is 10.6 Å². The first-order chi connectivity index (χ1) is 9.49. The number of nitrogens with two attached hydrogens (primary N) is 1. The fourth-order valence-electron chi connectivity index (χ4n) is 1.92. The van der Waals surface area contributed by atoms with Crippen LogP contribution in [0.15, 0.2) is 24.3 Å². The van der Waals surface area contributed by atoms with Gasteiger partial charge in [0.15, 0.2) is 0 Å². The largest absolute Gasteiger partial charge is 0.355 e. The van der Waals surface area contributed by atoms with Gasteiger partial charge in [-0.25, -0.2) is 0 Å². The van der Waals surface area contributed by atoms with Gasteiger partial charge < -0.3 is 16.4 Å². The van der Waals surface area contributed by atoms with Crippen LogP contribution in [0.5, 0.6) is 0 Å². The van der Waals surface area contributed by atoms with Crippen molar-refractivity contribution in [2.45, 2.75) is 20.4 Å². The molecule has 0 heterocycles. The first-order valence-corrected chi connectivity index (χ1v) is 6.78. The summed E-state index contributed by atoms with van der Waals surface area (Å²) in [6.45, 7) is 4.75. The van der Waals surface area contributed by atoms with Gasteiger partial charge in [0.05, 0.1) is 5.92 Å². The third-order valence-corrected chi connectivity index (χ3v) is 3.31. The zero-order valence-electron chi connectivity index (χ0n) is 12.3. The molecule has 0 radical (unpaired) electrons. The molecule has 0 saturated heterocycles. The van der Waals surface area contributed by atoms with Crippen LogP contribution in [-0.2, 0) is 11.3 Å². The second kappa shape index (κ2) is 7.65. The number of hydrogen-bond acceptors (Lipinski definition) is 3. The van der Waals surface area contributed by atoms with E-state index < -0.39 is 0 Å². The van der Waals surface area contributed by atoms with E-state index in [2.05, 4.69) is 10.6 Å². The monoisotopic (exact) mass is 277 g/mol. The van der Waals surface area contributed by atoms with E-state index in [0.29, 0.717) is 18.7 Å². The van der Waals surface area contributed by atoms with Gasteiger partial charge in [-0.05, 0) is 23.6 Å². The molecule has 110 valence electrons. The molecule has 5 nitrogen and oxygen atoms in total. The fourth-order valence-corrected chi connectivity index (χ4v) is 1.92. The zero-order valence-corrected chi connectivity index (χ0v) is 12.3. The highest BCUT2D eigenvalue weighted by molar-refractivity contribution is 5.93. The number of carbonyl (C=O) groups is 2. The molecule has 1 rings (SSSR count). The molecule has 0 fully saturated rings. The summed E-state index contributed by atoms with van der Waals surface area (Å²) < 4.78 is 0. The lowest BCUT2D eigenvalue weighted by molar-refractivity contribution is -0.126. The van der Waals surface area contributed by atoms with Crippen molar-refractivity contribution in [3.8, 4) is 0 Å². The van der Waals surface area contributed by atoms with Gasteiger partial charge in [0, 0.05) is 25.7 Å². The predicted octanol–water partition coefficient (Wildman–Crippen LogP) is 0.893. The number of benzene rings is 1. The van der Waals surface area contributed by atoms with E-state index in [1.807, 2.05) is 26.0 Å². The summed E-state index contributed by atoms with van der Waals surface area (Å²) in [5, 5.41) is 5.44. The van der Waals surface area contributed by atoms with E-state index in [4.69, 9.17) is 5.73 Å². The smallest absolute Gasteiger partial charge is 0.251 e. The number of rotatable bonds is 6. The minimum absolute atomic E-state index is 0.0297. The summed E-state index contributed by atoms with van der Waals surface area (Å²) in [5.74, 6) is -0.0998. The Bertz CT molecular complexity index is 455. The van der Waals surface area contributed by atoms with Crippen LogP contribution < -0.4 is 16.4 Å². The molecular formula is C15H23N3O2. The quantitative estimate of drug-likeness (QED) is 0.722. The summed E-state index contributed by atoms with van der Waals surface area (Å²) >= 11 is 0. The summed E-state index contributed by atoms with van der Waals surface area (Å²) in [7, 11) is 1.59. The van der Waals surface area contributed by atoms with Gasteiger partial charge in [-0.3, -0.25) is 9.59 Å². The van der Waals surface area contributed by atoms with Crippen LogP contribution in [0.3, 0.4) is 0 Å². The maximum atomic E-state index is 12.0. The standard InChI is InChI=1S/C15H23N3O2/c1-10(2)13(8-16)15(20)18-9-11-4-6-12(7-5-11)14(19)17-3/h4-7,10,13H,8-9,16H2,1-3H3,(H,17,19)(H,18,20). The molecule has 0 bridgehead atoms. The Morgan fingerprint density at radius 3 is 2.25 bits per heavy atom. The number of hydrogen-bond donors (Lipinski definition) is 3. The molecule has 0 aliphatic rings. The van der Waals surface area contributed by atoms with Gasteiger partial charge in [0.25, 0.3) is 5.91 Å². The van der Waals surface area contributed by atoms with Gasteiger partial charge in [-0.2, -0.15) is 0 Å². The average molecular weight is 277 g/mol. The lowest BCUT2D eigenvalue weighted by Crippen LogP contribution is -2.37. The number of amides is 2. The topological polar surface area (TPSA) is 84.2 Å². The van der Waals surface area contributed by atoms with Crippen molar-refractivity contribution in [1.29, 1.82) is 0 Å². The highest BCUT2D eigenvalue weighted by atomic mass is 16.2. The average Bonchev–Trinajstić information content (AvgIpc) is 2.45. The van der Waals surface area contributed by atoms with Gasteiger partial charge in [-0.15, -0.1) is 0 Å². The zero-order chi connectivity index (χ0) is 15.1. The van der Waals surface area contributed by atoms with Gasteiger partial charge in [-0.1, -0.05) is 26.0 Å². The fraction of sp³-hybridized carbons (Fsp3) is 0.467. The van der Waals surface area contributed by atoms with Crippen LogP contribution in [-0.4, -0.2) is 25.4 Å².